The fourth-order valence-corrected chi connectivity index (χ4v) is 4.09. The molecule has 1 saturated carbocycles. The molecule has 2 fully saturated rings. The second-order valence-electron chi connectivity index (χ2n) is 5.20. The number of carboxylic acid groups (broad SMARTS) is 1. The van der Waals surface area contributed by atoms with E-state index >= 15 is 0 Å². The minimum absolute atomic E-state index is 0.322. The lowest BCUT2D eigenvalue weighted by Crippen LogP contribution is -2.56. The summed E-state index contributed by atoms with van der Waals surface area (Å²) in [7, 11) is 0. The Bertz CT molecular complexity index is 290. The van der Waals surface area contributed by atoms with Crippen LogP contribution in [0, 0.1) is 5.92 Å². The van der Waals surface area contributed by atoms with Crippen LogP contribution in [0.1, 0.15) is 32.6 Å². The lowest BCUT2D eigenvalue weighted by atomic mass is 9.96. The molecule has 0 aromatic rings. The maximum absolute atomic E-state index is 11.7. The van der Waals surface area contributed by atoms with Gasteiger partial charge >= 0.3 is 5.97 Å². The fourth-order valence-electron chi connectivity index (χ4n) is 2.61. The number of carboxylic acids is 1. The molecular weight excluding hydrogens is 250 g/mol. The van der Waals surface area contributed by atoms with Gasteiger partial charge in [-0.1, -0.05) is 6.92 Å². The van der Waals surface area contributed by atoms with Crippen molar-refractivity contribution in [2.24, 2.45) is 5.92 Å². The van der Waals surface area contributed by atoms with Gasteiger partial charge in [0.2, 0.25) is 0 Å². The SMILES string of the molecule is CCNC(CSC1CCOCC1)(C(=O)O)C1CC1. The summed E-state index contributed by atoms with van der Waals surface area (Å²) in [6.45, 7) is 4.35. The molecule has 1 aliphatic heterocycles. The molecule has 0 radical (unpaired) electrons. The number of nitrogens with one attached hydrogen (secondary N) is 1. The van der Waals surface area contributed by atoms with Gasteiger partial charge in [0.25, 0.3) is 0 Å². The van der Waals surface area contributed by atoms with Crippen molar-refractivity contribution < 1.29 is 14.6 Å². The summed E-state index contributed by atoms with van der Waals surface area (Å²) in [5.41, 5.74) is -0.697. The van der Waals surface area contributed by atoms with Crippen molar-refractivity contribution in [3.63, 3.8) is 0 Å². The Morgan fingerprint density at radius 1 is 1.39 bits per heavy atom. The first kappa shape index (κ1) is 14.2. The van der Waals surface area contributed by atoms with Crippen LogP contribution in [0.2, 0.25) is 0 Å². The predicted octanol–water partition coefficient (Wildman–Crippen LogP) is 1.74. The van der Waals surface area contributed by atoms with Crippen LogP contribution < -0.4 is 5.32 Å². The van der Waals surface area contributed by atoms with Crippen molar-refractivity contribution in [2.45, 2.75) is 43.4 Å². The van der Waals surface area contributed by atoms with Gasteiger partial charge in [0.05, 0.1) is 0 Å². The Kier molecular flexibility index (Phi) is 4.92. The smallest absolute Gasteiger partial charge is 0.325 e. The Morgan fingerprint density at radius 3 is 2.56 bits per heavy atom. The van der Waals surface area contributed by atoms with Crippen LogP contribution in [0.15, 0.2) is 0 Å². The molecule has 1 unspecified atom stereocenters. The van der Waals surface area contributed by atoms with Crippen LogP contribution in [0.5, 0.6) is 0 Å². The van der Waals surface area contributed by atoms with Crippen LogP contribution in [0.3, 0.4) is 0 Å². The third-order valence-electron chi connectivity index (χ3n) is 3.86. The maximum atomic E-state index is 11.7. The summed E-state index contributed by atoms with van der Waals surface area (Å²) in [5.74, 6) is 0.333. The highest BCUT2D eigenvalue weighted by molar-refractivity contribution is 8.00. The summed E-state index contributed by atoms with van der Waals surface area (Å²) < 4.78 is 5.34. The Hall–Kier alpha value is -0.260. The van der Waals surface area contributed by atoms with Gasteiger partial charge in [-0.05, 0) is 38.1 Å². The van der Waals surface area contributed by atoms with E-state index in [1.54, 1.807) is 0 Å². The Balaban J connectivity index is 1.93. The Morgan fingerprint density at radius 2 is 2.06 bits per heavy atom. The van der Waals surface area contributed by atoms with Gasteiger partial charge < -0.3 is 15.2 Å². The summed E-state index contributed by atoms with van der Waals surface area (Å²) in [6.07, 6.45) is 4.20. The number of aliphatic carboxylic acids is 1. The zero-order valence-corrected chi connectivity index (χ0v) is 11.8. The largest absolute Gasteiger partial charge is 0.480 e. The quantitative estimate of drug-likeness (QED) is 0.740. The van der Waals surface area contributed by atoms with Crippen molar-refractivity contribution in [1.29, 1.82) is 0 Å². The number of likely N-dealkylation sites (N-methyl/N-ethyl adjacent to an activating group) is 1. The van der Waals surface area contributed by atoms with Crippen molar-refractivity contribution in [3.8, 4) is 0 Å². The minimum Gasteiger partial charge on any atom is -0.480 e. The van der Waals surface area contributed by atoms with Crippen molar-refractivity contribution in [2.75, 3.05) is 25.5 Å². The monoisotopic (exact) mass is 273 g/mol. The lowest BCUT2D eigenvalue weighted by Gasteiger charge is -2.32. The van der Waals surface area contributed by atoms with Crippen LogP contribution in [0.4, 0.5) is 0 Å². The zero-order valence-electron chi connectivity index (χ0n) is 11.0. The lowest BCUT2D eigenvalue weighted by molar-refractivity contribution is -0.144. The number of thioether (sulfide) groups is 1. The van der Waals surface area contributed by atoms with E-state index in [9.17, 15) is 9.90 Å². The van der Waals surface area contributed by atoms with E-state index < -0.39 is 11.5 Å². The molecule has 104 valence electrons. The molecule has 4 nitrogen and oxygen atoms in total. The summed E-state index contributed by atoms with van der Waals surface area (Å²) >= 11 is 1.82. The zero-order chi connectivity index (χ0) is 13.0. The summed E-state index contributed by atoms with van der Waals surface area (Å²) in [6, 6.07) is 0. The molecule has 0 aromatic heterocycles. The normalized spacial score (nSPS) is 24.7. The molecule has 1 saturated heterocycles. The Labute approximate surface area is 113 Å². The topological polar surface area (TPSA) is 58.6 Å². The van der Waals surface area contributed by atoms with E-state index in [1.807, 2.05) is 18.7 Å². The molecule has 0 amide bonds. The molecule has 2 rings (SSSR count). The van der Waals surface area contributed by atoms with Gasteiger partial charge in [-0.3, -0.25) is 4.79 Å². The first-order valence-corrected chi connectivity index (χ1v) is 7.91. The molecule has 0 aromatic carbocycles. The number of carbonyl (C=O) groups is 1. The van der Waals surface area contributed by atoms with Gasteiger partial charge in [-0.2, -0.15) is 11.8 Å². The standard InChI is InChI=1S/C13H23NO3S/c1-2-14-13(12(15)16,10-3-4-10)9-18-11-5-7-17-8-6-11/h10-11,14H,2-9H2,1H3,(H,15,16). The molecular formula is C13H23NO3S. The van der Waals surface area contributed by atoms with E-state index in [0.29, 0.717) is 16.9 Å². The average molecular weight is 273 g/mol. The number of ether oxygens (including phenoxy) is 1. The highest BCUT2D eigenvalue weighted by Crippen LogP contribution is 2.42. The van der Waals surface area contributed by atoms with Crippen molar-refractivity contribution in [1.82, 2.24) is 5.32 Å². The second kappa shape index (κ2) is 6.26. The third kappa shape index (κ3) is 3.19. The van der Waals surface area contributed by atoms with E-state index in [0.717, 1.165) is 45.4 Å². The average Bonchev–Trinajstić information content (AvgIpc) is 3.20. The van der Waals surface area contributed by atoms with E-state index in [-0.39, 0.29) is 0 Å². The van der Waals surface area contributed by atoms with Crippen molar-refractivity contribution >= 4 is 17.7 Å². The van der Waals surface area contributed by atoms with E-state index in [1.165, 1.54) is 0 Å². The van der Waals surface area contributed by atoms with E-state index in [2.05, 4.69) is 5.32 Å². The third-order valence-corrected chi connectivity index (χ3v) is 5.43. The molecule has 2 aliphatic rings. The predicted molar refractivity (Wildman–Crippen MR) is 73.1 cm³/mol. The van der Waals surface area contributed by atoms with Gasteiger partial charge in [0, 0.05) is 24.2 Å². The van der Waals surface area contributed by atoms with Crippen LogP contribution in [0.25, 0.3) is 0 Å². The van der Waals surface area contributed by atoms with Crippen LogP contribution >= 0.6 is 11.8 Å². The number of hydrogen-bond donors (Lipinski definition) is 2. The number of hydrogen-bond acceptors (Lipinski definition) is 4. The molecule has 1 heterocycles. The molecule has 5 heteroatoms. The van der Waals surface area contributed by atoms with Crippen LogP contribution in [-0.4, -0.2) is 47.4 Å². The summed E-state index contributed by atoms with van der Waals surface area (Å²) in [4.78, 5) is 11.7. The molecule has 2 N–H and O–H groups in total. The highest BCUT2D eigenvalue weighted by Gasteiger charge is 2.50. The van der Waals surface area contributed by atoms with Gasteiger partial charge in [0.1, 0.15) is 5.54 Å². The van der Waals surface area contributed by atoms with Gasteiger partial charge in [-0.25, -0.2) is 0 Å². The minimum atomic E-state index is -0.697. The first-order chi connectivity index (χ1) is 8.69. The number of rotatable bonds is 7. The molecule has 0 spiro atoms. The highest BCUT2D eigenvalue weighted by atomic mass is 32.2. The maximum Gasteiger partial charge on any atom is 0.325 e. The van der Waals surface area contributed by atoms with Gasteiger partial charge in [-0.15, -0.1) is 0 Å². The molecule has 1 aliphatic carbocycles. The molecule has 18 heavy (non-hydrogen) atoms. The molecule has 0 bridgehead atoms. The van der Waals surface area contributed by atoms with E-state index in [4.69, 9.17) is 4.74 Å². The fraction of sp³-hybridized carbons (Fsp3) is 0.923. The second-order valence-corrected chi connectivity index (χ2v) is 6.49. The molecule has 1 atom stereocenters. The van der Waals surface area contributed by atoms with Gasteiger partial charge in [0.15, 0.2) is 0 Å². The van der Waals surface area contributed by atoms with Crippen molar-refractivity contribution in [3.05, 3.63) is 0 Å². The van der Waals surface area contributed by atoms with Crippen LogP contribution in [-0.2, 0) is 9.53 Å². The first-order valence-electron chi connectivity index (χ1n) is 6.87. The summed E-state index contributed by atoms with van der Waals surface area (Å²) in [5, 5.41) is 13.4.